The van der Waals surface area contributed by atoms with E-state index in [1.165, 1.54) is 0 Å². The summed E-state index contributed by atoms with van der Waals surface area (Å²) < 4.78 is 5.81. The Balaban J connectivity index is 2.26. The van der Waals surface area contributed by atoms with Crippen LogP contribution in [0.3, 0.4) is 0 Å². The van der Waals surface area contributed by atoms with Crippen LogP contribution in [0.1, 0.15) is 23.6 Å². The Hall–Kier alpha value is -2.53. The van der Waals surface area contributed by atoms with Crippen molar-refractivity contribution in [1.82, 2.24) is 0 Å². The van der Waals surface area contributed by atoms with Crippen LogP contribution in [0.4, 0.5) is 0 Å². The summed E-state index contributed by atoms with van der Waals surface area (Å²) >= 11 is 5.93. The first kappa shape index (κ1) is 17.8. The Bertz CT molecular complexity index is 758. The van der Waals surface area contributed by atoms with Crippen LogP contribution in [0.2, 0.25) is 5.02 Å². The van der Waals surface area contributed by atoms with Gasteiger partial charge in [0.2, 0.25) is 0 Å². The van der Waals surface area contributed by atoms with Gasteiger partial charge in [-0.05, 0) is 43.2 Å². The number of rotatable bonds is 7. The third kappa shape index (κ3) is 4.49. The van der Waals surface area contributed by atoms with Gasteiger partial charge in [-0.3, -0.25) is 0 Å². The molecule has 0 aromatic heterocycles. The summed E-state index contributed by atoms with van der Waals surface area (Å²) in [6.07, 6.45) is 0. The van der Waals surface area contributed by atoms with Crippen LogP contribution >= 0.6 is 11.6 Å². The van der Waals surface area contributed by atoms with Crippen molar-refractivity contribution >= 4 is 23.3 Å². The van der Waals surface area contributed by atoms with Gasteiger partial charge in [-0.15, -0.1) is 0 Å². The van der Waals surface area contributed by atoms with Crippen LogP contribution < -0.4 is 4.74 Å². The molecule has 0 saturated carbocycles. The van der Waals surface area contributed by atoms with E-state index < -0.39 is 5.97 Å². The van der Waals surface area contributed by atoms with E-state index in [2.05, 4.69) is 5.16 Å². The summed E-state index contributed by atoms with van der Waals surface area (Å²) in [5.74, 6) is -0.466. The Morgan fingerprint density at radius 1 is 1.25 bits per heavy atom. The molecule has 0 radical (unpaired) electrons. The fourth-order valence-electron chi connectivity index (χ4n) is 2.14. The van der Waals surface area contributed by atoms with E-state index in [1.54, 1.807) is 37.3 Å². The molecule has 126 valence electrons. The Labute approximate surface area is 145 Å². The maximum Gasteiger partial charge on any atom is 0.358 e. The summed E-state index contributed by atoms with van der Waals surface area (Å²) in [5.41, 5.74) is 1.92. The van der Waals surface area contributed by atoms with Gasteiger partial charge in [-0.1, -0.05) is 41.0 Å². The molecule has 0 saturated heterocycles. The second kappa shape index (κ2) is 8.36. The molecule has 0 aliphatic rings. The van der Waals surface area contributed by atoms with Crippen LogP contribution in [0.15, 0.2) is 47.6 Å². The van der Waals surface area contributed by atoms with Crippen molar-refractivity contribution in [3.8, 4) is 5.75 Å². The van der Waals surface area contributed by atoms with Crippen LogP contribution in [-0.4, -0.2) is 23.4 Å². The number of hydrogen-bond acceptors (Lipinski definition) is 4. The number of carbonyl (C=O) groups is 1. The molecule has 0 spiro atoms. The highest BCUT2D eigenvalue weighted by Gasteiger charge is 2.17. The van der Waals surface area contributed by atoms with E-state index in [1.807, 2.05) is 19.1 Å². The average molecular weight is 348 g/mol. The van der Waals surface area contributed by atoms with Crippen LogP contribution in [0, 0.1) is 6.92 Å². The van der Waals surface area contributed by atoms with Gasteiger partial charge in [0.1, 0.15) is 19.0 Å². The number of halogens is 1. The standard InChI is InChI=1S/C18H18ClNO4/c1-3-24-20-17(18(21)22)15-7-5-4-6-13(15)11-23-16-9-8-14(19)10-12(16)2/h4-10H,3,11H2,1-2H3,(H,21,22). The van der Waals surface area contributed by atoms with E-state index >= 15 is 0 Å². The van der Waals surface area contributed by atoms with Crippen molar-refractivity contribution in [3.63, 3.8) is 0 Å². The van der Waals surface area contributed by atoms with Crippen LogP contribution in [-0.2, 0) is 16.2 Å². The highest BCUT2D eigenvalue weighted by atomic mass is 35.5. The summed E-state index contributed by atoms with van der Waals surface area (Å²) in [5, 5.41) is 13.7. The lowest BCUT2D eigenvalue weighted by Crippen LogP contribution is -2.18. The topological polar surface area (TPSA) is 68.1 Å². The molecule has 0 atom stereocenters. The maximum atomic E-state index is 11.5. The number of oxime groups is 1. The van der Waals surface area contributed by atoms with E-state index in [-0.39, 0.29) is 12.3 Å². The highest BCUT2D eigenvalue weighted by Crippen LogP contribution is 2.23. The lowest BCUT2D eigenvalue weighted by Gasteiger charge is -2.12. The van der Waals surface area contributed by atoms with Gasteiger partial charge in [0.15, 0.2) is 5.71 Å². The molecule has 0 amide bonds. The van der Waals surface area contributed by atoms with Crippen molar-refractivity contribution in [2.75, 3.05) is 6.61 Å². The lowest BCUT2D eigenvalue weighted by molar-refractivity contribution is -0.129. The zero-order valence-electron chi connectivity index (χ0n) is 13.5. The van der Waals surface area contributed by atoms with E-state index in [0.717, 1.165) is 5.56 Å². The first-order chi connectivity index (χ1) is 11.5. The molecule has 0 unspecified atom stereocenters. The van der Waals surface area contributed by atoms with Gasteiger partial charge in [-0.25, -0.2) is 4.79 Å². The number of ether oxygens (including phenoxy) is 1. The fraction of sp³-hybridized carbons (Fsp3) is 0.222. The second-order valence-corrected chi connectivity index (χ2v) is 5.45. The molecular weight excluding hydrogens is 330 g/mol. The largest absolute Gasteiger partial charge is 0.489 e. The van der Waals surface area contributed by atoms with E-state index in [9.17, 15) is 9.90 Å². The Kier molecular flexibility index (Phi) is 6.21. The number of hydrogen-bond donors (Lipinski definition) is 1. The molecule has 0 fully saturated rings. The molecule has 2 aromatic rings. The minimum absolute atomic E-state index is 0.149. The highest BCUT2D eigenvalue weighted by molar-refractivity contribution is 6.42. The second-order valence-electron chi connectivity index (χ2n) is 5.02. The van der Waals surface area contributed by atoms with Gasteiger partial charge >= 0.3 is 5.97 Å². The number of carboxylic acids is 1. The van der Waals surface area contributed by atoms with Crippen LogP contribution in [0.25, 0.3) is 0 Å². The normalized spacial score (nSPS) is 11.2. The molecule has 6 heteroatoms. The fourth-order valence-corrected chi connectivity index (χ4v) is 2.37. The molecule has 2 rings (SSSR count). The Morgan fingerprint density at radius 2 is 2.00 bits per heavy atom. The molecule has 24 heavy (non-hydrogen) atoms. The minimum Gasteiger partial charge on any atom is -0.489 e. The number of aryl methyl sites for hydroxylation is 1. The monoisotopic (exact) mass is 347 g/mol. The third-order valence-corrected chi connectivity index (χ3v) is 3.52. The van der Waals surface area contributed by atoms with E-state index in [0.29, 0.717) is 28.5 Å². The molecule has 0 bridgehead atoms. The SMILES string of the molecule is CCON=C(C(=O)O)c1ccccc1COc1ccc(Cl)cc1C. The van der Waals surface area contributed by atoms with Crippen molar-refractivity contribution in [2.24, 2.45) is 5.16 Å². The van der Waals surface area contributed by atoms with Gasteiger partial charge in [-0.2, -0.15) is 0 Å². The van der Waals surface area contributed by atoms with Crippen molar-refractivity contribution in [2.45, 2.75) is 20.5 Å². The maximum absolute atomic E-state index is 11.5. The molecule has 5 nitrogen and oxygen atoms in total. The molecule has 0 aliphatic carbocycles. The van der Waals surface area contributed by atoms with Gasteiger partial charge in [0.25, 0.3) is 0 Å². The number of aliphatic carboxylic acids is 1. The zero-order chi connectivity index (χ0) is 17.5. The van der Waals surface area contributed by atoms with Crippen molar-refractivity contribution < 1.29 is 19.5 Å². The summed E-state index contributed by atoms with van der Waals surface area (Å²) in [6, 6.07) is 12.4. The predicted molar refractivity (Wildman–Crippen MR) is 92.8 cm³/mol. The number of carboxylic acid groups (broad SMARTS) is 1. The van der Waals surface area contributed by atoms with Crippen LogP contribution in [0.5, 0.6) is 5.75 Å². The molecule has 0 heterocycles. The summed E-state index contributed by atoms with van der Waals surface area (Å²) in [4.78, 5) is 16.4. The molecule has 1 N–H and O–H groups in total. The third-order valence-electron chi connectivity index (χ3n) is 3.28. The van der Waals surface area contributed by atoms with Gasteiger partial charge in [0.05, 0.1) is 0 Å². The van der Waals surface area contributed by atoms with Gasteiger partial charge < -0.3 is 14.7 Å². The predicted octanol–water partition coefficient (Wildman–Crippen LogP) is 4.05. The van der Waals surface area contributed by atoms with E-state index in [4.69, 9.17) is 21.2 Å². The number of benzene rings is 2. The zero-order valence-corrected chi connectivity index (χ0v) is 14.2. The molecule has 2 aromatic carbocycles. The smallest absolute Gasteiger partial charge is 0.358 e. The summed E-state index contributed by atoms with van der Waals surface area (Å²) in [7, 11) is 0. The number of nitrogens with zero attached hydrogens (tertiary/aromatic N) is 1. The summed E-state index contributed by atoms with van der Waals surface area (Å²) in [6.45, 7) is 4.13. The molecule has 0 aliphatic heterocycles. The van der Waals surface area contributed by atoms with Gasteiger partial charge in [0, 0.05) is 10.6 Å². The first-order valence-corrected chi connectivity index (χ1v) is 7.81. The average Bonchev–Trinajstić information content (AvgIpc) is 2.55. The van der Waals surface area contributed by atoms with Crippen molar-refractivity contribution in [3.05, 3.63) is 64.2 Å². The first-order valence-electron chi connectivity index (χ1n) is 7.43. The minimum atomic E-state index is -1.15. The molecular formula is C18H18ClNO4. The lowest BCUT2D eigenvalue weighted by atomic mass is 10.0. The Morgan fingerprint density at radius 3 is 2.67 bits per heavy atom. The quantitative estimate of drug-likeness (QED) is 0.606. The van der Waals surface area contributed by atoms with Crippen molar-refractivity contribution in [1.29, 1.82) is 0 Å².